The fraction of sp³-hybridized carbons (Fsp3) is 0.538. The summed E-state index contributed by atoms with van der Waals surface area (Å²) < 4.78 is 24.3. The van der Waals surface area contributed by atoms with Crippen LogP contribution in [0.4, 0.5) is 4.39 Å². The third-order valence-corrected chi connectivity index (χ3v) is 3.78. The predicted octanol–water partition coefficient (Wildman–Crippen LogP) is 3.32. The molecule has 0 bridgehead atoms. The number of benzene rings is 1. The number of rotatable bonds is 4. The van der Waals surface area contributed by atoms with Crippen molar-refractivity contribution >= 4 is 15.9 Å². The van der Waals surface area contributed by atoms with Crippen molar-refractivity contribution in [2.75, 3.05) is 12.4 Å². The highest BCUT2D eigenvalue weighted by Gasteiger charge is 2.25. The molecule has 1 aromatic carbocycles. The van der Waals surface area contributed by atoms with E-state index >= 15 is 0 Å². The minimum absolute atomic E-state index is 0.174. The molecule has 1 aliphatic rings. The minimum Gasteiger partial charge on any atom is -0.496 e. The second kappa shape index (κ2) is 5.83. The third kappa shape index (κ3) is 3.19. The van der Waals surface area contributed by atoms with Crippen molar-refractivity contribution < 1.29 is 13.9 Å². The Balaban J connectivity index is 2.05. The molecule has 1 fully saturated rings. The molecular formula is C13H16BrFO2. The van der Waals surface area contributed by atoms with Crippen molar-refractivity contribution in [3.63, 3.8) is 0 Å². The number of hydrogen-bond acceptors (Lipinski definition) is 2. The lowest BCUT2D eigenvalue weighted by Gasteiger charge is -2.14. The van der Waals surface area contributed by atoms with Crippen LogP contribution in [-0.2, 0) is 11.2 Å². The summed E-state index contributed by atoms with van der Waals surface area (Å²) in [6.45, 7) is 0. The normalized spacial score (nSPS) is 23.9. The monoisotopic (exact) mass is 302 g/mol. The molecule has 4 heteroatoms. The standard InChI is InChI=1S/C13H16BrFO2/c1-16-13-5-2-10(15)6-9(13)7-11-3-4-12(8-14)17-11/h2,5-6,11-12H,3-4,7-8H2,1H3/t11-,12-/m0/s1. The number of alkyl halides is 1. The van der Waals surface area contributed by atoms with Gasteiger partial charge in [0.2, 0.25) is 0 Å². The average Bonchev–Trinajstić information content (AvgIpc) is 2.77. The largest absolute Gasteiger partial charge is 0.496 e. The Labute approximate surface area is 109 Å². The van der Waals surface area contributed by atoms with Crippen LogP contribution in [0.25, 0.3) is 0 Å². The van der Waals surface area contributed by atoms with E-state index in [-0.39, 0.29) is 11.9 Å². The van der Waals surface area contributed by atoms with Gasteiger partial charge in [0.25, 0.3) is 0 Å². The maximum absolute atomic E-state index is 13.2. The van der Waals surface area contributed by atoms with Gasteiger partial charge < -0.3 is 9.47 Å². The summed E-state index contributed by atoms with van der Waals surface area (Å²) in [5.41, 5.74) is 0.882. The number of halogens is 2. The summed E-state index contributed by atoms with van der Waals surface area (Å²) in [6.07, 6.45) is 3.27. The van der Waals surface area contributed by atoms with Gasteiger partial charge in [-0.25, -0.2) is 4.39 Å². The summed E-state index contributed by atoms with van der Waals surface area (Å²) in [6, 6.07) is 4.62. The van der Waals surface area contributed by atoms with Crippen molar-refractivity contribution in [3.05, 3.63) is 29.6 Å². The van der Waals surface area contributed by atoms with Crippen LogP contribution in [0.5, 0.6) is 5.75 Å². The molecule has 0 spiro atoms. The number of hydrogen-bond donors (Lipinski definition) is 0. The molecule has 17 heavy (non-hydrogen) atoms. The van der Waals surface area contributed by atoms with E-state index in [0.29, 0.717) is 12.5 Å². The minimum atomic E-state index is -0.226. The molecule has 0 N–H and O–H groups in total. The Bertz CT molecular complexity index is 384. The Morgan fingerprint density at radius 1 is 1.41 bits per heavy atom. The molecule has 94 valence electrons. The van der Waals surface area contributed by atoms with E-state index in [2.05, 4.69) is 15.9 Å². The summed E-state index contributed by atoms with van der Waals surface area (Å²) in [4.78, 5) is 0. The summed E-state index contributed by atoms with van der Waals surface area (Å²) in [5.74, 6) is 0.508. The van der Waals surface area contributed by atoms with Crippen molar-refractivity contribution in [1.29, 1.82) is 0 Å². The van der Waals surface area contributed by atoms with E-state index in [9.17, 15) is 4.39 Å². The molecule has 2 rings (SSSR count). The van der Waals surface area contributed by atoms with Crippen LogP contribution in [0, 0.1) is 5.82 Å². The number of ether oxygens (including phenoxy) is 2. The van der Waals surface area contributed by atoms with Gasteiger partial charge in [-0.15, -0.1) is 0 Å². The molecule has 2 nitrogen and oxygen atoms in total. The van der Waals surface area contributed by atoms with E-state index in [1.807, 2.05) is 0 Å². The third-order valence-electron chi connectivity index (χ3n) is 3.06. The second-order valence-corrected chi connectivity index (χ2v) is 4.92. The van der Waals surface area contributed by atoms with E-state index in [0.717, 1.165) is 29.5 Å². The van der Waals surface area contributed by atoms with E-state index in [1.165, 1.54) is 12.1 Å². The average molecular weight is 303 g/mol. The molecule has 0 unspecified atom stereocenters. The quantitative estimate of drug-likeness (QED) is 0.795. The highest BCUT2D eigenvalue weighted by Crippen LogP contribution is 2.28. The van der Waals surface area contributed by atoms with Gasteiger partial charge in [0.05, 0.1) is 19.3 Å². The molecular weight excluding hydrogens is 287 g/mol. The summed E-state index contributed by atoms with van der Waals surface area (Å²) >= 11 is 3.42. The predicted molar refractivity (Wildman–Crippen MR) is 68.3 cm³/mol. The van der Waals surface area contributed by atoms with Crippen LogP contribution in [-0.4, -0.2) is 24.6 Å². The molecule has 1 saturated heterocycles. The Hall–Kier alpha value is -0.610. The lowest BCUT2D eigenvalue weighted by Crippen LogP contribution is -2.14. The van der Waals surface area contributed by atoms with Crippen molar-refractivity contribution in [2.45, 2.75) is 31.5 Å². The van der Waals surface area contributed by atoms with Crippen LogP contribution >= 0.6 is 15.9 Å². The molecule has 1 aromatic rings. The first-order valence-electron chi connectivity index (χ1n) is 5.76. The zero-order chi connectivity index (χ0) is 12.3. The Morgan fingerprint density at radius 3 is 2.82 bits per heavy atom. The molecule has 0 saturated carbocycles. The van der Waals surface area contributed by atoms with E-state index < -0.39 is 0 Å². The first-order chi connectivity index (χ1) is 8.22. The van der Waals surface area contributed by atoms with E-state index in [4.69, 9.17) is 9.47 Å². The molecule has 0 amide bonds. The summed E-state index contributed by atoms with van der Waals surface area (Å²) in [5, 5.41) is 0.865. The maximum Gasteiger partial charge on any atom is 0.123 e. The molecule has 0 aromatic heterocycles. The zero-order valence-corrected chi connectivity index (χ0v) is 11.4. The highest BCUT2D eigenvalue weighted by molar-refractivity contribution is 9.09. The molecule has 2 atom stereocenters. The number of methoxy groups -OCH3 is 1. The van der Waals surface area contributed by atoms with Crippen molar-refractivity contribution in [1.82, 2.24) is 0 Å². The Morgan fingerprint density at radius 2 is 2.18 bits per heavy atom. The van der Waals surface area contributed by atoms with Crippen LogP contribution in [0.2, 0.25) is 0 Å². The molecule has 1 heterocycles. The maximum atomic E-state index is 13.2. The van der Waals surface area contributed by atoms with Crippen molar-refractivity contribution in [2.24, 2.45) is 0 Å². The van der Waals surface area contributed by atoms with Gasteiger partial charge in [-0.3, -0.25) is 0 Å². The Kier molecular flexibility index (Phi) is 4.40. The van der Waals surface area contributed by atoms with Gasteiger partial charge in [-0.05, 0) is 36.6 Å². The first kappa shape index (κ1) is 12.8. The zero-order valence-electron chi connectivity index (χ0n) is 9.79. The lowest BCUT2D eigenvalue weighted by atomic mass is 10.0. The van der Waals surface area contributed by atoms with Gasteiger partial charge in [-0.2, -0.15) is 0 Å². The SMILES string of the molecule is COc1ccc(F)cc1C[C@@H]1CC[C@@H](CBr)O1. The van der Waals surface area contributed by atoms with Gasteiger partial charge in [-0.1, -0.05) is 15.9 Å². The van der Waals surface area contributed by atoms with Gasteiger partial charge in [0, 0.05) is 11.8 Å². The highest BCUT2D eigenvalue weighted by atomic mass is 79.9. The van der Waals surface area contributed by atoms with Crippen molar-refractivity contribution in [3.8, 4) is 5.75 Å². The molecule has 0 aliphatic carbocycles. The molecule has 1 aliphatic heterocycles. The molecule has 0 radical (unpaired) electrons. The summed E-state index contributed by atoms with van der Waals surface area (Å²) in [7, 11) is 1.60. The second-order valence-electron chi connectivity index (χ2n) is 4.27. The van der Waals surface area contributed by atoms with Crippen LogP contribution in [0.15, 0.2) is 18.2 Å². The van der Waals surface area contributed by atoms with Gasteiger partial charge in [0.1, 0.15) is 11.6 Å². The van der Waals surface area contributed by atoms with Crippen LogP contribution in [0.3, 0.4) is 0 Å². The smallest absolute Gasteiger partial charge is 0.123 e. The van der Waals surface area contributed by atoms with E-state index in [1.54, 1.807) is 13.2 Å². The topological polar surface area (TPSA) is 18.5 Å². The fourth-order valence-electron chi connectivity index (χ4n) is 2.20. The lowest BCUT2D eigenvalue weighted by molar-refractivity contribution is 0.0592. The van der Waals surface area contributed by atoms with Gasteiger partial charge >= 0.3 is 0 Å². The fourth-order valence-corrected chi connectivity index (χ4v) is 2.67. The van der Waals surface area contributed by atoms with Crippen LogP contribution < -0.4 is 4.74 Å². The first-order valence-corrected chi connectivity index (χ1v) is 6.89. The van der Waals surface area contributed by atoms with Crippen LogP contribution in [0.1, 0.15) is 18.4 Å². The van der Waals surface area contributed by atoms with Gasteiger partial charge in [0.15, 0.2) is 0 Å².